The van der Waals surface area contributed by atoms with E-state index in [4.69, 9.17) is 17.0 Å². The number of ether oxygens (including phenoxy) is 1. The second kappa shape index (κ2) is 8.05. The summed E-state index contributed by atoms with van der Waals surface area (Å²) in [6, 6.07) is 14.3. The minimum absolute atomic E-state index is 0.183. The molecule has 0 atom stereocenters. The zero-order valence-corrected chi connectivity index (χ0v) is 15.3. The molecule has 1 N–H and O–H groups in total. The van der Waals surface area contributed by atoms with Crippen molar-refractivity contribution in [3.05, 3.63) is 76.1 Å². The molecule has 2 aromatic carbocycles. The van der Waals surface area contributed by atoms with Gasteiger partial charge in [-0.15, -0.1) is 0 Å². The highest BCUT2D eigenvalue weighted by molar-refractivity contribution is 7.71. The summed E-state index contributed by atoms with van der Waals surface area (Å²) in [5.74, 6) is 1.34. The van der Waals surface area contributed by atoms with Crippen LogP contribution in [0.25, 0.3) is 0 Å². The molecule has 0 saturated carbocycles. The summed E-state index contributed by atoms with van der Waals surface area (Å²) in [4.78, 5) is 0. The van der Waals surface area contributed by atoms with E-state index >= 15 is 0 Å². The van der Waals surface area contributed by atoms with Gasteiger partial charge in [-0.25, -0.2) is 9.49 Å². The Labute approximate surface area is 156 Å². The van der Waals surface area contributed by atoms with Crippen LogP contribution in [0.5, 0.6) is 5.75 Å². The van der Waals surface area contributed by atoms with Crippen molar-refractivity contribution in [3.8, 4) is 5.75 Å². The maximum atomic E-state index is 13.7. The van der Waals surface area contributed by atoms with E-state index in [1.807, 2.05) is 24.3 Å². The second-order valence-corrected chi connectivity index (χ2v) is 6.42. The lowest BCUT2D eigenvalue weighted by molar-refractivity contribution is 0.290. The van der Waals surface area contributed by atoms with E-state index in [0.717, 1.165) is 5.75 Å². The lowest BCUT2D eigenvalue weighted by Crippen LogP contribution is -2.04. The third-order valence-electron chi connectivity index (χ3n) is 3.85. The van der Waals surface area contributed by atoms with Gasteiger partial charge in [0.1, 0.15) is 18.2 Å². The first kappa shape index (κ1) is 18.0. The van der Waals surface area contributed by atoms with Gasteiger partial charge in [0.15, 0.2) is 5.82 Å². The van der Waals surface area contributed by atoms with E-state index in [9.17, 15) is 4.39 Å². The van der Waals surface area contributed by atoms with Crippen molar-refractivity contribution in [2.24, 2.45) is 5.10 Å². The Morgan fingerprint density at radius 1 is 1.23 bits per heavy atom. The summed E-state index contributed by atoms with van der Waals surface area (Å²) in [6.45, 7) is 4.46. The van der Waals surface area contributed by atoms with Gasteiger partial charge in [0.2, 0.25) is 4.77 Å². The zero-order valence-electron chi connectivity index (χ0n) is 14.5. The van der Waals surface area contributed by atoms with Gasteiger partial charge in [-0.05, 0) is 41.9 Å². The van der Waals surface area contributed by atoms with Gasteiger partial charge in [-0.3, -0.25) is 0 Å². The molecule has 5 nitrogen and oxygen atoms in total. The Balaban J connectivity index is 1.74. The Bertz CT molecular complexity index is 960. The van der Waals surface area contributed by atoms with Crippen LogP contribution in [0.15, 0.2) is 53.6 Å². The van der Waals surface area contributed by atoms with Gasteiger partial charge < -0.3 is 4.74 Å². The quantitative estimate of drug-likeness (QED) is 0.507. The van der Waals surface area contributed by atoms with Crippen molar-refractivity contribution >= 4 is 18.4 Å². The minimum atomic E-state index is -0.352. The maximum Gasteiger partial charge on any atom is 0.216 e. The van der Waals surface area contributed by atoms with Gasteiger partial charge in [-0.1, -0.05) is 44.2 Å². The topological polar surface area (TPSA) is 55.2 Å². The second-order valence-electron chi connectivity index (χ2n) is 6.04. The van der Waals surface area contributed by atoms with Crippen LogP contribution in [0.1, 0.15) is 36.7 Å². The molecule has 26 heavy (non-hydrogen) atoms. The first-order valence-corrected chi connectivity index (χ1v) is 8.63. The van der Waals surface area contributed by atoms with Gasteiger partial charge in [0.05, 0.1) is 6.21 Å². The predicted octanol–water partition coefficient (Wildman–Crippen LogP) is 4.66. The number of benzene rings is 2. The molecule has 0 fully saturated rings. The van der Waals surface area contributed by atoms with Crippen molar-refractivity contribution < 1.29 is 9.13 Å². The van der Waals surface area contributed by atoms with Crippen molar-refractivity contribution in [2.45, 2.75) is 26.4 Å². The van der Waals surface area contributed by atoms with Crippen LogP contribution in [0.4, 0.5) is 4.39 Å². The third kappa shape index (κ3) is 4.23. The monoisotopic (exact) mass is 370 g/mol. The number of aromatic amines is 1. The van der Waals surface area contributed by atoms with E-state index in [-0.39, 0.29) is 12.4 Å². The average Bonchev–Trinajstić information content (AvgIpc) is 2.99. The van der Waals surface area contributed by atoms with Crippen LogP contribution in [0.3, 0.4) is 0 Å². The standard InChI is InChI=1S/C19H19FN4OS/c1-13(2)14-7-9-16(10-8-14)25-12-18-22-23-19(26)24(18)21-11-15-5-3-4-6-17(15)20/h3-11,13H,12H2,1-2H3,(H,23,26)/b21-11-. The third-order valence-corrected chi connectivity index (χ3v) is 4.11. The molecule has 0 unspecified atom stereocenters. The molecule has 1 aromatic heterocycles. The largest absolute Gasteiger partial charge is 0.486 e. The van der Waals surface area contributed by atoms with Crippen LogP contribution in [0, 0.1) is 10.6 Å². The molecule has 3 rings (SSSR count). The van der Waals surface area contributed by atoms with Crippen LogP contribution >= 0.6 is 12.2 Å². The lowest BCUT2D eigenvalue weighted by Gasteiger charge is -2.08. The SMILES string of the molecule is CC(C)c1ccc(OCc2n[nH]c(=S)n2/N=C\c2ccccc2F)cc1. The molecular formula is C19H19FN4OS. The summed E-state index contributed by atoms with van der Waals surface area (Å²) in [7, 11) is 0. The molecule has 0 radical (unpaired) electrons. The Kier molecular flexibility index (Phi) is 5.58. The van der Waals surface area contributed by atoms with E-state index in [1.54, 1.807) is 18.2 Å². The summed E-state index contributed by atoms with van der Waals surface area (Å²) in [5.41, 5.74) is 1.61. The summed E-state index contributed by atoms with van der Waals surface area (Å²) in [5, 5.41) is 11.0. The molecule has 7 heteroatoms. The molecule has 0 bridgehead atoms. The highest BCUT2D eigenvalue weighted by atomic mass is 32.1. The van der Waals surface area contributed by atoms with Crippen LogP contribution in [-0.4, -0.2) is 21.1 Å². The molecule has 1 heterocycles. The Morgan fingerprint density at radius 2 is 1.96 bits per heavy atom. The number of H-pyrrole nitrogens is 1. The van der Waals surface area contributed by atoms with Crippen LogP contribution in [0.2, 0.25) is 0 Å². The molecule has 0 aliphatic heterocycles. The number of nitrogens with one attached hydrogen (secondary N) is 1. The molecule has 3 aromatic rings. The van der Waals surface area contributed by atoms with Crippen molar-refractivity contribution in [1.29, 1.82) is 0 Å². The zero-order chi connectivity index (χ0) is 18.5. The Hall–Kier alpha value is -2.80. The van der Waals surface area contributed by atoms with Gasteiger partial charge >= 0.3 is 0 Å². The minimum Gasteiger partial charge on any atom is -0.486 e. The van der Waals surface area contributed by atoms with Crippen molar-refractivity contribution in [1.82, 2.24) is 14.9 Å². The van der Waals surface area contributed by atoms with E-state index in [1.165, 1.54) is 22.5 Å². The molecular weight excluding hydrogens is 351 g/mol. The molecule has 0 aliphatic carbocycles. The lowest BCUT2D eigenvalue weighted by atomic mass is 10.0. The predicted molar refractivity (Wildman–Crippen MR) is 102 cm³/mol. The van der Waals surface area contributed by atoms with Gasteiger partial charge in [0, 0.05) is 5.56 Å². The number of hydrogen-bond acceptors (Lipinski definition) is 4. The molecule has 0 spiro atoms. The molecule has 0 amide bonds. The van der Waals surface area contributed by atoms with Crippen molar-refractivity contribution in [3.63, 3.8) is 0 Å². The number of rotatable bonds is 6. The Morgan fingerprint density at radius 3 is 2.65 bits per heavy atom. The first-order chi connectivity index (χ1) is 12.5. The molecule has 134 valence electrons. The number of halogens is 1. The van der Waals surface area contributed by atoms with Gasteiger partial charge in [0.25, 0.3) is 0 Å². The van der Waals surface area contributed by atoms with Crippen LogP contribution < -0.4 is 4.74 Å². The number of nitrogens with zero attached hydrogens (tertiary/aromatic N) is 3. The highest BCUT2D eigenvalue weighted by Crippen LogP contribution is 2.19. The van der Waals surface area contributed by atoms with E-state index < -0.39 is 0 Å². The smallest absolute Gasteiger partial charge is 0.216 e. The molecule has 0 saturated heterocycles. The van der Waals surface area contributed by atoms with E-state index in [0.29, 0.717) is 22.1 Å². The number of aromatic nitrogens is 3. The fourth-order valence-corrected chi connectivity index (χ4v) is 2.53. The summed E-state index contributed by atoms with van der Waals surface area (Å²) >= 11 is 5.18. The normalized spacial score (nSPS) is 11.4. The van der Waals surface area contributed by atoms with E-state index in [2.05, 4.69) is 29.1 Å². The van der Waals surface area contributed by atoms with Gasteiger partial charge in [-0.2, -0.15) is 14.9 Å². The first-order valence-electron chi connectivity index (χ1n) is 8.22. The maximum absolute atomic E-state index is 13.7. The number of hydrogen-bond donors (Lipinski definition) is 1. The fourth-order valence-electron chi connectivity index (χ4n) is 2.33. The summed E-state index contributed by atoms with van der Waals surface area (Å²) in [6.07, 6.45) is 1.40. The molecule has 0 aliphatic rings. The van der Waals surface area contributed by atoms with Crippen LogP contribution in [-0.2, 0) is 6.61 Å². The fraction of sp³-hybridized carbons (Fsp3) is 0.211. The van der Waals surface area contributed by atoms with Crippen molar-refractivity contribution in [2.75, 3.05) is 0 Å². The highest BCUT2D eigenvalue weighted by Gasteiger charge is 2.07. The average molecular weight is 370 g/mol. The summed E-state index contributed by atoms with van der Waals surface area (Å²) < 4.78 is 21.2.